The SMILES string of the molecule is CC1(C)CC[C@]2(C(=O)n3ccnc3)CC[C@]3(C)C(C(=O)C=C4C3(C)CCC3C(C)(C)[C@@H](O)C(C#N)=C[C@]43C)C2C1. The summed E-state index contributed by atoms with van der Waals surface area (Å²) >= 11 is 0. The number of hydrogen-bond donors (Lipinski definition) is 1. The summed E-state index contributed by atoms with van der Waals surface area (Å²) < 4.78 is 1.65. The zero-order chi connectivity index (χ0) is 29.1. The average Bonchev–Trinajstić information content (AvgIpc) is 3.42. The molecular weight excluding hydrogens is 498 g/mol. The van der Waals surface area contributed by atoms with Crippen molar-refractivity contribution in [3.63, 3.8) is 0 Å². The van der Waals surface area contributed by atoms with E-state index < -0.39 is 22.3 Å². The van der Waals surface area contributed by atoms with Gasteiger partial charge in [-0.15, -0.1) is 0 Å². The van der Waals surface area contributed by atoms with Gasteiger partial charge in [0.1, 0.15) is 6.33 Å². The Morgan fingerprint density at radius 2 is 1.77 bits per heavy atom. The fourth-order valence-corrected chi connectivity index (χ4v) is 10.8. The second-order valence-electron chi connectivity index (χ2n) is 15.9. The van der Waals surface area contributed by atoms with E-state index >= 15 is 0 Å². The number of aliphatic hydroxyl groups excluding tert-OH is 1. The van der Waals surface area contributed by atoms with Crippen molar-refractivity contribution in [2.75, 3.05) is 0 Å². The highest BCUT2D eigenvalue weighted by Gasteiger charge is 2.70. The average molecular weight is 544 g/mol. The number of aromatic nitrogens is 2. The molecule has 0 bridgehead atoms. The third-order valence-corrected chi connectivity index (χ3v) is 13.2. The Labute approximate surface area is 238 Å². The van der Waals surface area contributed by atoms with Gasteiger partial charge in [-0.1, -0.05) is 60.1 Å². The summed E-state index contributed by atoms with van der Waals surface area (Å²) in [5.41, 5.74) is -0.486. The van der Waals surface area contributed by atoms with Crippen LogP contribution in [0.5, 0.6) is 0 Å². The number of nitrogens with zero attached hydrogens (tertiary/aromatic N) is 3. The fraction of sp³-hybridized carbons (Fsp3) is 0.706. The highest BCUT2D eigenvalue weighted by molar-refractivity contribution is 5.97. The quantitative estimate of drug-likeness (QED) is 0.434. The second kappa shape index (κ2) is 8.28. The Kier molecular flexibility index (Phi) is 5.72. The van der Waals surface area contributed by atoms with Crippen LogP contribution in [0.25, 0.3) is 0 Å². The monoisotopic (exact) mass is 543 g/mol. The number of imidazole rings is 1. The zero-order valence-corrected chi connectivity index (χ0v) is 25.3. The predicted octanol–water partition coefficient (Wildman–Crippen LogP) is 6.53. The second-order valence-corrected chi connectivity index (χ2v) is 15.9. The number of allylic oxidation sites excluding steroid dienone is 3. The molecule has 5 aliphatic carbocycles. The van der Waals surface area contributed by atoms with Crippen molar-refractivity contribution in [2.45, 2.75) is 99.5 Å². The van der Waals surface area contributed by atoms with E-state index in [0.29, 0.717) is 5.57 Å². The van der Waals surface area contributed by atoms with Gasteiger partial charge in [0.2, 0.25) is 5.91 Å². The van der Waals surface area contributed by atoms with Gasteiger partial charge in [-0.25, -0.2) is 4.98 Å². The number of carbonyl (C=O) groups is 2. The number of aliphatic hydroxyl groups is 1. The van der Waals surface area contributed by atoms with Crippen molar-refractivity contribution in [1.29, 1.82) is 5.26 Å². The van der Waals surface area contributed by atoms with Crippen molar-refractivity contribution in [3.05, 3.63) is 42.0 Å². The topological polar surface area (TPSA) is 96.0 Å². The minimum absolute atomic E-state index is 0.0348. The van der Waals surface area contributed by atoms with Crippen LogP contribution in [-0.4, -0.2) is 32.5 Å². The van der Waals surface area contributed by atoms with Crippen LogP contribution in [0.2, 0.25) is 0 Å². The predicted molar refractivity (Wildman–Crippen MR) is 153 cm³/mol. The fourth-order valence-electron chi connectivity index (χ4n) is 10.8. The molecule has 5 aliphatic rings. The summed E-state index contributed by atoms with van der Waals surface area (Å²) in [6, 6.07) is 2.28. The van der Waals surface area contributed by atoms with Gasteiger partial charge >= 0.3 is 0 Å². The van der Waals surface area contributed by atoms with Gasteiger partial charge in [0, 0.05) is 23.7 Å². The normalized spacial score (nSPS) is 45.0. The van der Waals surface area contributed by atoms with E-state index in [0.717, 1.165) is 50.5 Å². The molecule has 0 radical (unpaired) electrons. The van der Waals surface area contributed by atoms with Crippen molar-refractivity contribution in [3.8, 4) is 6.07 Å². The molecule has 1 aromatic rings. The van der Waals surface area contributed by atoms with Gasteiger partial charge in [0.05, 0.1) is 23.2 Å². The highest BCUT2D eigenvalue weighted by Crippen LogP contribution is 2.74. The van der Waals surface area contributed by atoms with Crippen LogP contribution >= 0.6 is 0 Å². The maximum absolute atomic E-state index is 14.6. The summed E-state index contributed by atoms with van der Waals surface area (Å²) in [4.78, 5) is 33.0. The first kappa shape index (κ1) is 27.6. The minimum atomic E-state index is -0.808. The van der Waals surface area contributed by atoms with E-state index in [1.807, 2.05) is 12.2 Å². The number of hydrogen-bond acceptors (Lipinski definition) is 5. The first-order chi connectivity index (χ1) is 18.6. The van der Waals surface area contributed by atoms with Gasteiger partial charge in [-0.3, -0.25) is 14.2 Å². The molecule has 6 rings (SSSR count). The summed E-state index contributed by atoms with van der Waals surface area (Å²) in [6.45, 7) is 15.6. The van der Waals surface area contributed by atoms with Gasteiger partial charge < -0.3 is 5.11 Å². The van der Waals surface area contributed by atoms with E-state index in [-0.39, 0.29) is 45.7 Å². The van der Waals surface area contributed by atoms with Gasteiger partial charge in [-0.2, -0.15) is 5.26 Å². The molecular formula is C34H45N3O3. The van der Waals surface area contributed by atoms with E-state index in [2.05, 4.69) is 59.5 Å². The van der Waals surface area contributed by atoms with Gasteiger partial charge in [0.25, 0.3) is 0 Å². The van der Waals surface area contributed by atoms with Crippen molar-refractivity contribution in [2.24, 2.45) is 50.2 Å². The lowest BCUT2D eigenvalue weighted by Crippen LogP contribution is -2.66. The molecule has 0 saturated heterocycles. The third-order valence-electron chi connectivity index (χ3n) is 13.2. The highest BCUT2D eigenvalue weighted by atomic mass is 16.3. The standard InChI is InChI=1S/C34H45N3O3/c1-29(2)10-12-34(28(40)37-15-14-36-20-37)13-11-33(7)26(22(34)18-29)23(38)16-25-31(5)17-21(19-35)27(39)30(3,4)24(31)8-9-32(25,33)6/h14-17,20,22,24,26-27,39H,8-13,18H2,1-7H3/t22?,24?,26?,27-,31-,32?,33+,34-/m0/s1. The summed E-state index contributed by atoms with van der Waals surface area (Å²) in [5, 5.41) is 21.1. The summed E-state index contributed by atoms with van der Waals surface area (Å²) in [5.74, 6) is 0.105. The van der Waals surface area contributed by atoms with E-state index in [4.69, 9.17) is 0 Å². The lowest BCUT2D eigenvalue weighted by molar-refractivity contribution is -0.165. The molecule has 0 aliphatic heterocycles. The lowest BCUT2D eigenvalue weighted by Gasteiger charge is -2.69. The van der Waals surface area contributed by atoms with Crippen LogP contribution in [0.15, 0.2) is 42.0 Å². The van der Waals surface area contributed by atoms with Crippen LogP contribution in [0.4, 0.5) is 0 Å². The Bertz CT molecular complexity index is 1380. The molecule has 1 aromatic heterocycles. The molecule has 214 valence electrons. The molecule has 0 amide bonds. The summed E-state index contributed by atoms with van der Waals surface area (Å²) in [7, 11) is 0. The molecule has 0 aromatic carbocycles. The van der Waals surface area contributed by atoms with Crippen LogP contribution in [0.1, 0.15) is 98.2 Å². The minimum Gasteiger partial charge on any atom is -0.387 e. The van der Waals surface area contributed by atoms with Gasteiger partial charge in [0.15, 0.2) is 5.78 Å². The van der Waals surface area contributed by atoms with Crippen molar-refractivity contribution >= 4 is 11.7 Å². The summed E-state index contributed by atoms with van der Waals surface area (Å²) in [6.07, 6.45) is 14.2. The lowest BCUT2D eigenvalue weighted by atomic mass is 9.34. The molecule has 6 heteroatoms. The first-order valence-corrected chi connectivity index (χ1v) is 15.2. The van der Waals surface area contributed by atoms with Crippen molar-refractivity contribution in [1.82, 2.24) is 9.55 Å². The zero-order valence-electron chi connectivity index (χ0n) is 25.3. The van der Waals surface area contributed by atoms with Crippen LogP contribution in [0, 0.1) is 61.6 Å². The van der Waals surface area contributed by atoms with Crippen LogP contribution < -0.4 is 0 Å². The molecule has 4 unspecified atom stereocenters. The van der Waals surface area contributed by atoms with Crippen LogP contribution in [-0.2, 0) is 4.79 Å². The smallest absolute Gasteiger partial charge is 0.238 e. The largest absolute Gasteiger partial charge is 0.387 e. The molecule has 40 heavy (non-hydrogen) atoms. The molecule has 3 fully saturated rings. The Hall–Kier alpha value is -2.52. The number of carbonyl (C=O) groups excluding carboxylic acids is 2. The Balaban J connectivity index is 1.52. The molecule has 0 spiro atoms. The van der Waals surface area contributed by atoms with Gasteiger partial charge in [-0.05, 0) is 84.5 Å². The molecule has 1 heterocycles. The Morgan fingerprint density at radius 3 is 2.42 bits per heavy atom. The number of ketones is 1. The van der Waals surface area contributed by atoms with E-state index in [1.54, 1.807) is 23.3 Å². The maximum atomic E-state index is 14.6. The number of rotatable bonds is 1. The molecule has 1 N–H and O–H groups in total. The van der Waals surface area contributed by atoms with Crippen molar-refractivity contribution < 1.29 is 14.7 Å². The molecule has 3 saturated carbocycles. The third kappa shape index (κ3) is 3.28. The molecule has 6 nitrogen and oxygen atoms in total. The first-order valence-electron chi connectivity index (χ1n) is 15.2. The number of fused-ring (bicyclic) bond motifs is 7. The van der Waals surface area contributed by atoms with Crippen LogP contribution in [0.3, 0.4) is 0 Å². The Morgan fingerprint density at radius 1 is 1.07 bits per heavy atom. The van der Waals surface area contributed by atoms with E-state index in [9.17, 15) is 20.0 Å². The number of nitriles is 1. The maximum Gasteiger partial charge on any atom is 0.238 e. The molecule has 8 atom stereocenters. The van der Waals surface area contributed by atoms with E-state index in [1.165, 1.54) is 0 Å².